The van der Waals surface area contributed by atoms with Crippen molar-refractivity contribution >= 4 is 11.6 Å². The van der Waals surface area contributed by atoms with E-state index < -0.39 is 0 Å². The number of nitrogens with zero attached hydrogens (tertiary/aromatic N) is 1. The summed E-state index contributed by atoms with van der Waals surface area (Å²) in [5.41, 5.74) is 2.79. The van der Waals surface area contributed by atoms with Crippen LogP contribution in [0.1, 0.15) is 72.4 Å². The van der Waals surface area contributed by atoms with Crippen LogP contribution in [0, 0.1) is 12.8 Å². The fraction of sp³-hybridized carbons (Fsp3) is 0.727. The van der Waals surface area contributed by atoms with Gasteiger partial charge in [0.25, 0.3) is 0 Å². The van der Waals surface area contributed by atoms with Crippen LogP contribution < -0.4 is 0 Å². The summed E-state index contributed by atoms with van der Waals surface area (Å²) in [5.74, 6) is 0.833. The molecule has 142 valence electrons. The number of benzene rings is 1. The van der Waals surface area contributed by atoms with Crippen molar-refractivity contribution in [1.82, 2.24) is 4.90 Å². The van der Waals surface area contributed by atoms with E-state index in [9.17, 15) is 0 Å². The smallest absolute Gasteiger partial charge is 0.0463 e. The highest BCUT2D eigenvalue weighted by molar-refractivity contribution is 6.20. The first-order valence-electron chi connectivity index (χ1n) is 9.89. The van der Waals surface area contributed by atoms with E-state index in [2.05, 4.69) is 56.9 Å². The Morgan fingerprint density at radius 3 is 2.21 bits per heavy atom. The van der Waals surface area contributed by atoms with Gasteiger partial charge in [-0.2, -0.15) is 0 Å². The van der Waals surface area contributed by atoms with E-state index in [-0.39, 0.29) is 0 Å². The molecule has 0 bridgehead atoms. The molecule has 0 N–H and O–H groups in total. The third-order valence-corrected chi connectivity index (χ3v) is 3.60. The summed E-state index contributed by atoms with van der Waals surface area (Å²) in [7, 11) is 0. The van der Waals surface area contributed by atoms with Gasteiger partial charge in [0.2, 0.25) is 0 Å². The maximum absolute atomic E-state index is 6.18. The van der Waals surface area contributed by atoms with Gasteiger partial charge >= 0.3 is 0 Å². The summed E-state index contributed by atoms with van der Waals surface area (Å²) in [4.78, 5) is 2.49. The van der Waals surface area contributed by atoms with Crippen LogP contribution in [0.5, 0.6) is 0 Å². The molecule has 24 heavy (non-hydrogen) atoms. The van der Waals surface area contributed by atoms with Crippen LogP contribution in [0.3, 0.4) is 0 Å². The van der Waals surface area contributed by atoms with Crippen LogP contribution in [-0.4, -0.2) is 29.9 Å². The van der Waals surface area contributed by atoms with Gasteiger partial charge in [-0.25, -0.2) is 0 Å². The van der Waals surface area contributed by atoms with Crippen LogP contribution in [-0.2, 0) is 6.42 Å². The van der Waals surface area contributed by atoms with E-state index in [1.165, 1.54) is 30.5 Å². The summed E-state index contributed by atoms with van der Waals surface area (Å²) >= 11 is 6.18. The molecule has 1 aliphatic heterocycles. The number of halogens is 1. The van der Waals surface area contributed by atoms with Gasteiger partial charge in [0, 0.05) is 18.5 Å². The number of likely N-dealkylation sites (tertiary alicyclic amines) is 1. The Morgan fingerprint density at radius 2 is 1.71 bits per heavy atom. The molecule has 0 radical (unpaired) electrons. The minimum atomic E-state index is 0.367. The predicted octanol–water partition coefficient (Wildman–Crippen LogP) is 6.96. The van der Waals surface area contributed by atoms with Gasteiger partial charge in [0.05, 0.1) is 0 Å². The molecule has 1 nitrogen and oxygen atoms in total. The average Bonchev–Trinajstić information content (AvgIpc) is 2.56. The quantitative estimate of drug-likeness (QED) is 0.530. The van der Waals surface area contributed by atoms with E-state index in [0.29, 0.717) is 5.38 Å². The lowest BCUT2D eigenvalue weighted by Crippen LogP contribution is -2.37. The average molecular weight is 356 g/mol. The van der Waals surface area contributed by atoms with Gasteiger partial charge < -0.3 is 4.90 Å². The molecule has 0 saturated carbocycles. The zero-order chi connectivity index (χ0) is 19.0. The normalized spacial score (nSPS) is 16.8. The number of hydrogen-bond acceptors (Lipinski definition) is 1. The molecule has 0 aliphatic carbocycles. The highest BCUT2D eigenvalue weighted by atomic mass is 35.5. The second kappa shape index (κ2) is 17.3. The maximum Gasteiger partial charge on any atom is 0.0463 e. The molecule has 0 aromatic heterocycles. The van der Waals surface area contributed by atoms with Crippen molar-refractivity contribution in [3.63, 3.8) is 0 Å². The number of aryl methyl sites for hydroxylation is 1. The molecule has 1 fully saturated rings. The Morgan fingerprint density at radius 1 is 1.12 bits per heavy atom. The minimum absolute atomic E-state index is 0.367. The molecule has 1 saturated heterocycles. The minimum Gasteiger partial charge on any atom is -0.302 e. The van der Waals surface area contributed by atoms with E-state index in [1.807, 2.05) is 27.7 Å². The number of rotatable bonds is 3. The molecule has 1 atom stereocenters. The largest absolute Gasteiger partial charge is 0.302 e. The Bertz CT molecular complexity index is 373. The predicted molar refractivity (Wildman–Crippen MR) is 113 cm³/mol. The van der Waals surface area contributed by atoms with E-state index in [4.69, 9.17) is 11.6 Å². The van der Waals surface area contributed by atoms with Gasteiger partial charge in [0.15, 0.2) is 0 Å². The molecule has 1 aromatic carbocycles. The van der Waals surface area contributed by atoms with Crippen LogP contribution in [0.25, 0.3) is 0 Å². The van der Waals surface area contributed by atoms with E-state index >= 15 is 0 Å². The second-order valence-corrected chi connectivity index (χ2v) is 7.13. The summed E-state index contributed by atoms with van der Waals surface area (Å²) in [6.45, 7) is 20.1. The van der Waals surface area contributed by atoms with Crippen LogP contribution >= 0.6 is 11.6 Å². The highest BCUT2D eigenvalue weighted by Gasteiger charge is 2.16. The monoisotopic (exact) mass is 355 g/mol. The lowest BCUT2D eigenvalue weighted by molar-refractivity contribution is 0.235. The Labute approximate surface area is 157 Å². The fourth-order valence-corrected chi connectivity index (χ4v) is 2.71. The standard InChI is InChI=1S/C14H20ClN.C4H10.2C2H6/c1-12-4-2-5-13(10-12)7-9-16-8-3-6-14(15)11-16;1-4(2)3;2*1-2/h2,4-5,10,14H,3,6-9,11H2,1H3;4H,1-3H3;2*1-2H3. The number of alkyl halides is 1. The molecular formula is C22H42ClN. The Hall–Kier alpha value is -0.530. The lowest BCUT2D eigenvalue weighted by Gasteiger charge is -2.29. The lowest BCUT2D eigenvalue weighted by atomic mass is 10.1. The third-order valence-electron chi connectivity index (χ3n) is 3.25. The van der Waals surface area contributed by atoms with Crippen molar-refractivity contribution in [2.24, 2.45) is 5.92 Å². The van der Waals surface area contributed by atoms with Gasteiger partial charge in [-0.05, 0) is 44.2 Å². The maximum atomic E-state index is 6.18. The van der Waals surface area contributed by atoms with Crippen LogP contribution in [0.2, 0.25) is 0 Å². The molecule has 2 heteroatoms. The molecule has 0 amide bonds. The summed E-state index contributed by atoms with van der Waals surface area (Å²) in [5, 5.41) is 0.367. The van der Waals surface area contributed by atoms with Crippen molar-refractivity contribution in [3.8, 4) is 0 Å². The van der Waals surface area contributed by atoms with Gasteiger partial charge in [-0.3, -0.25) is 0 Å². The van der Waals surface area contributed by atoms with Crippen molar-refractivity contribution in [2.45, 2.75) is 80.0 Å². The second-order valence-electron chi connectivity index (χ2n) is 6.51. The fourth-order valence-electron chi connectivity index (χ4n) is 2.36. The summed E-state index contributed by atoms with van der Waals surface area (Å²) in [6, 6.07) is 8.79. The van der Waals surface area contributed by atoms with E-state index in [0.717, 1.165) is 25.4 Å². The van der Waals surface area contributed by atoms with Crippen LogP contribution in [0.15, 0.2) is 24.3 Å². The van der Waals surface area contributed by atoms with Gasteiger partial charge in [-0.15, -0.1) is 11.6 Å². The summed E-state index contributed by atoms with van der Waals surface area (Å²) in [6.07, 6.45) is 3.58. The molecule has 1 aliphatic rings. The first-order valence-corrected chi connectivity index (χ1v) is 10.3. The SMILES string of the molecule is CC.CC.CC(C)C.Cc1cccc(CCN2CCCC(Cl)C2)c1. The molecule has 1 heterocycles. The molecule has 2 rings (SSSR count). The van der Waals surface area contributed by atoms with Crippen molar-refractivity contribution < 1.29 is 0 Å². The zero-order valence-corrected chi connectivity index (χ0v) is 18.3. The van der Waals surface area contributed by atoms with E-state index in [1.54, 1.807) is 0 Å². The topological polar surface area (TPSA) is 3.24 Å². The Kier molecular flexibility index (Phi) is 18.5. The Balaban J connectivity index is 0. The molecule has 0 spiro atoms. The molecular weight excluding hydrogens is 314 g/mol. The van der Waals surface area contributed by atoms with Gasteiger partial charge in [0.1, 0.15) is 0 Å². The number of hydrogen-bond donors (Lipinski definition) is 0. The van der Waals surface area contributed by atoms with Crippen molar-refractivity contribution in [3.05, 3.63) is 35.4 Å². The molecule has 1 aromatic rings. The molecule has 1 unspecified atom stereocenters. The van der Waals surface area contributed by atoms with Crippen molar-refractivity contribution in [1.29, 1.82) is 0 Å². The van der Waals surface area contributed by atoms with Crippen molar-refractivity contribution in [2.75, 3.05) is 19.6 Å². The third kappa shape index (κ3) is 15.0. The first kappa shape index (κ1) is 25.7. The van der Waals surface area contributed by atoms with Crippen LogP contribution in [0.4, 0.5) is 0 Å². The zero-order valence-electron chi connectivity index (χ0n) is 17.5. The summed E-state index contributed by atoms with van der Waals surface area (Å²) < 4.78 is 0. The first-order chi connectivity index (χ1) is 11.5. The van der Waals surface area contributed by atoms with Gasteiger partial charge in [-0.1, -0.05) is 78.3 Å². The highest BCUT2D eigenvalue weighted by Crippen LogP contribution is 2.15. The number of piperidine rings is 1.